The van der Waals surface area contributed by atoms with Crippen LogP contribution < -0.4 is 5.32 Å². The highest BCUT2D eigenvalue weighted by Crippen LogP contribution is 2.38. The van der Waals surface area contributed by atoms with Gasteiger partial charge in [0, 0.05) is 33.3 Å². The number of aliphatic hydroxyl groups excluding tert-OH is 1. The molecular weight excluding hydrogens is 216 g/mol. The molecule has 0 atom stereocenters. The van der Waals surface area contributed by atoms with Gasteiger partial charge < -0.3 is 15.2 Å². The normalized spacial score (nSPS) is 19.1. The molecule has 102 valence electrons. The van der Waals surface area contributed by atoms with E-state index >= 15 is 0 Å². The van der Waals surface area contributed by atoms with Gasteiger partial charge in [-0.25, -0.2) is 0 Å². The fraction of sp³-hybridized carbons (Fsp3) is 1.00. The number of rotatable bonds is 9. The molecule has 0 bridgehead atoms. The summed E-state index contributed by atoms with van der Waals surface area (Å²) in [6, 6.07) is 0. The van der Waals surface area contributed by atoms with Crippen LogP contribution in [0.2, 0.25) is 0 Å². The zero-order chi connectivity index (χ0) is 12.6. The van der Waals surface area contributed by atoms with Crippen LogP contribution in [-0.4, -0.2) is 63.6 Å². The summed E-state index contributed by atoms with van der Waals surface area (Å²) in [5.41, 5.74) is 0.414. The summed E-state index contributed by atoms with van der Waals surface area (Å²) in [7, 11) is 3.77. The van der Waals surface area contributed by atoms with E-state index in [1.165, 1.54) is 25.7 Å². The molecule has 0 radical (unpaired) electrons. The van der Waals surface area contributed by atoms with Crippen molar-refractivity contribution in [1.29, 1.82) is 0 Å². The van der Waals surface area contributed by atoms with Crippen molar-refractivity contribution in [2.75, 3.05) is 53.6 Å². The highest BCUT2D eigenvalue weighted by atomic mass is 16.5. The van der Waals surface area contributed by atoms with Gasteiger partial charge in [0.15, 0.2) is 0 Å². The number of hydrogen-bond donors (Lipinski definition) is 2. The van der Waals surface area contributed by atoms with Crippen LogP contribution in [0.4, 0.5) is 0 Å². The van der Waals surface area contributed by atoms with E-state index in [1.807, 2.05) is 7.05 Å². The molecule has 1 rings (SSSR count). The molecule has 0 saturated heterocycles. The summed E-state index contributed by atoms with van der Waals surface area (Å²) in [5, 5.41) is 12.5. The number of aliphatic hydroxyl groups is 1. The van der Waals surface area contributed by atoms with E-state index in [2.05, 4.69) is 10.2 Å². The Kier molecular flexibility index (Phi) is 7.04. The van der Waals surface area contributed by atoms with Gasteiger partial charge in [0.1, 0.15) is 0 Å². The van der Waals surface area contributed by atoms with Gasteiger partial charge in [-0.05, 0) is 25.3 Å². The molecule has 0 aromatic heterocycles. The molecule has 0 aromatic rings. The average molecular weight is 244 g/mol. The van der Waals surface area contributed by atoms with E-state index in [4.69, 9.17) is 9.84 Å². The van der Waals surface area contributed by atoms with E-state index in [0.717, 1.165) is 32.8 Å². The molecule has 0 unspecified atom stereocenters. The van der Waals surface area contributed by atoms with Crippen molar-refractivity contribution < 1.29 is 9.84 Å². The molecule has 1 saturated carbocycles. The lowest BCUT2D eigenvalue weighted by Gasteiger charge is -2.35. The third kappa shape index (κ3) is 4.92. The fourth-order valence-electron chi connectivity index (χ4n) is 3.00. The largest absolute Gasteiger partial charge is 0.395 e. The number of hydrogen-bond acceptors (Lipinski definition) is 4. The molecule has 0 aromatic carbocycles. The SMILES string of the molecule is CNCC1(CN(CCO)CCOC)CCCC1. The van der Waals surface area contributed by atoms with Crippen LogP contribution in [0, 0.1) is 5.41 Å². The first kappa shape index (κ1) is 14.9. The van der Waals surface area contributed by atoms with Gasteiger partial charge >= 0.3 is 0 Å². The minimum atomic E-state index is 0.235. The van der Waals surface area contributed by atoms with Crippen molar-refractivity contribution in [3.8, 4) is 0 Å². The molecule has 4 nitrogen and oxygen atoms in total. The summed E-state index contributed by atoms with van der Waals surface area (Å²) >= 11 is 0. The topological polar surface area (TPSA) is 44.7 Å². The summed E-state index contributed by atoms with van der Waals surface area (Å²) in [6.07, 6.45) is 5.31. The van der Waals surface area contributed by atoms with Crippen LogP contribution >= 0.6 is 0 Å². The van der Waals surface area contributed by atoms with Gasteiger partial charge in [0.25, 0.3) is 0 Å². The first-order valence-corrected chi connectivity index (χ1v) is 6.73. The van der Waals surface area contributed by atoms with Crippen LogP contribution in [-0.2, 0) is 4.74 Å². The van der Waals surface area contributed by atoms with Crippen molar-refractivity contribution in [2.24, 2.45) is 5.41 Å². The minimum Gasteiger partial charge on any atom is -0.395 e. The Balaban J connectivity index is 2.48. The van der Waals surface area contributed by atoms with E-state index in [-0.39, 0.29) is 6.61 Å². The Bertz CT molecular complexity index is 194. The monoisotopic (exact) mass is 244 g/mol. The minimum absolute atomic E-state index is 0.235. The lowest BCUT2D eigenvalue weighted by molar-refractivity contribution is 0.0913. The lowest BCUT2D eigenvalue weighted by atomic mass is 9.85. The molecule has 0 spiro atoms. The molecule has 1 aliphatic carbocycles. The predicted octanol–water partition coefficient (Wildman–Crippen LogP) is 0.707. The van der Waals surface area contributed by atoms with E-state index in [9.17, 15) is 0 Å². The third-order valence-corrected chi connectivity index (χ3v) is 3.80. The zero-order valence-corrected chi connectivity index (χ0v) is 11.4. The first-order chi connectivity index (χ1) is 8.26. The fourth-order valence-corrected chi connectivity index (χ4v) is 3.00. The quantitative estimate of drug-likeness (QED) is 0.627. The molecule has 1 aliphatic rings. The van der Waals surface area contributed by atoms with Gasteiger partial charge in [-0.1, -0.05) is 12.8 Å². The Morgan fingerprint density at radius 1 is 1.29 bits per heavy atom. The second-order valence-electron chi connectivity index (χ2n) is 5.23. The molecule has 17 heavy (non-hydrogen) atoms. The van der Waals surface area contributed by atoms with Gasteiger partial charge in [0.2, 0.25) is 0 Å². The van der Waals surface area contributed by atoms with Crippen LogP contribution in [0.1, 0.15) is 25.7 Å². The van der Waals surface area contributed by atoms with Crippen molar-refractivity contribution in [3.63, 3.8) is 0 Å². The van der Waals surface area contributed by atoms with Crippen molar-refractivity contribution in [3.05, 3.63) is 0 Å². The molecular formula is C13H28N2O2. The van der Waals surface area contributed by atoms with E-state index in [1.54, 1.807) is 7.11 Å². The van der Waals surface area contributed by atoms with E-state index < -0.39 is 0 Å². The maximum atomic E-state index is 9.13. The van der Waals surface area contributed by atoms with Gasteiger partial charge in [-0.3, -0.25) is 4.90 Å². The maximum Gasteiger partial charge on any atom is 0.0589 e. The van der Waals surface area contributed by atoms with Gasteiger partial charge in [0.05, 0.1) is 13.2 Å². The highest BCUT2D eigenvalue weighted by molar-refractivity contribution is 4.89. The van der Waals surface area contributed by atoms with Gasteiger partial charge in [-0.15, -0.1) is 0 Å². The van der Waals surface area contributed by atoms with Crippen molar-refractivity contribution >= 4 is 0 Å². The summed E-state index contributed by atoms with van der Waals surface area (Å²) in [5.74, 6) is 0. The summed E-state index contributed by atoms with van der Waals surface area (Å²) < 4.78 is 5.14. The molecule has 4 heteroatoms. The van der Waals surface area contributed by atoms with Crippen molar-refractivity contribution in [2.45, 2.75) is 25.7 Å². The summed E-state index contributed by atoms with van der Waals surface area (Å²) in [6.45, 7) is 4.83. The predicted molar refractivity (Wildman–Crippen MR) is 70.2 cm³/mol. The number of nitrogens with zero attached hydrogens (tertiary/aromatic N) is 1. The number of methoxy groups -OCH3 is 1. The standard InChI is InChI=1S/C13H28N2O2/c1-14-11-13(5-3-4-6-13)12-15(7-9-16)8-10-17-2/h14,16H,3-12H2,1-2H3. The van der Waals surface area contributed by atoms with Crippen molar-refractivity contribution in [1.82, 2.24) is 10.2 Å². The van der Waals surface area contributed by atoms with E-state index in [0.29, 0.717) is 5.41 Å². The zero-order valence-electron chi connectivity index (χ0n) is 11.4. The Hall–Kier alpha value is -0.160. The molecule has 0 aliphatic heterocycles. The summed E-state index contributed by atoms with van der Waals surface area (Å²) in [4.78, 5) is 2.34. The number of ether oxygens (including phenoxy) is 1. The van der Waals surface area contributed by atoms with Crippen LogP contribution in [0.3, 0.4) is 0 Å². The molecule has 1 fully saturated rings. The lowest BCUT2D eigenvalue weighted by Crippen LogP contribution is -2.44. The Labute approximate surface area is 105 Å². The average Bonchev–Trinajstić information content (AvgIpc) is 2.75. The molecule has 2 N–H and O–H groups in total. The smallest absolute Gasteiger partial charge is 0.0589 e. The molecule has 0 amide bonds. The highest BCUT2D eigenvalue weighted by Gasteiger charge is 2.34. The Morgan fingerprint density at radius 2 is 2.00 bits per heavy atom. The van der Waals surface area contributed by atoms with Crippen LogP contribution in [0.5, 0.6) is 0 Å². The second-order valence-corrected chi connectivity index (χ2v) is 5.23. The Morgan fingerprint density at radius 3 is 2.53 bits per heavy atom. The number of nitrogens with one attached hydrogen (secondary N) is 1. The maximum absolute atomic E-state index is 9.13. The van der Waals surface area contributed by atoms with Gasteiger partial charge in [-0.2, -0.15) is 0 Å². The third-order valence-electron chi connectivity index (χ3n) is 3.80. The van der Waals surface area contributed by atoms with Crippen LogP contribution in [0.25, 0.3) is 0 Å². The molecule has 0 heterocycles. The first-order valence-electron chi connectivity index (χ1n) is 6.73. The van der Waals surface area contributed by atoms with Crippen LogP contribution in [0.15, 0.2) is 0 Å². The second kappa shape index (κ2) is 8.03.